The second-order valence-electron chi connectivity index (χ2n) is 18.7. The summed E-state index contributed by atoms with van der Waals surface area (Å²) in [5.74, 6) is -1.67. The first-order chi connectivity index (χ1) is 31.9. The van der Waals surface area contributed by atoms with E-state index < -0.39 is 52.9 Å². The fourth-order valence-corrected chi connectivity index (χ4v) is 11.1. The van der Waals surface area contributed by atoms with Crippen LogP contribution in [0, 0.1) is 5.92 Å². The number of carbonyl (C=O) groups excluding carboxylic acids is 2. The van der Waals surface area contributed by atoms with Crippen molar-refractivity contribution >= 4 is 65.2 Å². The van der Waals surface area contributed by atoms with Crippen molar-refractivity contribution in [3.63, 3.8) is 0 Å². The summed E-state index contributed by atoms with van der Waals surface area (Å²) in [6.07, 6.45) is 16.9. The molecule has 0 bridgehead atoms. The summed E-state index contributed by atoms with van der Waals surface area (Å²) < 4.78 is 105. The molecule has 6 N–H and O–H groups in total. The maximum atomic E-state index is 13.1. The summed E-state index contributed by atoms with van der Waals surface area (Å²) in [4.78, 5) is 38.5. The number of benzene rings is 2. The molecule has 2 aromatic carbocycles. The van der Waals surface area contributed by atoms with Gasteiger partial charge in [-0.3, -0.25) is 28.0 Å². The van der Waals surface area contributed by atoms with Crippen LogP contribution in [0.1, 0.15) is 128 Å². The summed E-state index contributed by atoms with van der Waals surface area (Å²) in [6, 6.07) is 8.84. The summed E-state index contributed by atoms with van der Waals surface area (Å²) in [7, 11) is -13.4. The number of anilines is 1. The zero-order chi connectivity index (χ0) is 49.9. The molecule has 3 heterocycles. The van der Waals surface area contributed by atoms with Crippen LogP contribution in [0.25, 0.3) is 0 Å². The lowest BCUT2D eigenvalue weighted by Gasteiger charge is -2.30. The number of rotatable bonds is 12. The second kappa shape index (κ2) is 23.3. The molecule has 0 saturated carbocycles. The number of nitrogens with zero attached hydrogens (tertiary/aromatic N) is 2. The summed E-state index contributed by atoms with van der Waals surface area (Å²) in [6.45, 7) is 7.27. The average Bonchev–Trinajstić information content (AvgIpc) is 3.60. The number of aliphatic carboxylic acids is 1. The Hall–Kier alpha value is -4.73. The van der Waals surface area contributed by atoms with Gasteiger partial charge in [0, 0.05) is 79.8 Å². The quantitative estimate of drug-likeness (QED) is 0.0710. The highest BCUT2D eigenvalue weighted by molar-refractivity contribution is 7.86. The fraction of sp³-hybridized carbons (Fsp3) is 0.542. The molecular formula is C48H67N4O13S3+. The lowest BCUT2D eigenvalue weighted by Crippen LogP contribution is -2.36. The minimum absolute atomic E-state index is 0.0471. The fourth-order valence-electron chi connectivity index (χ4n) is 9.54. The van der Waals surface area contributed by atoms with Gasteiger partial charge in [-0.1, -0.05) is 43.9 Å². The van der Waals surface area contributed by atoms with E-state index in [1.54, 1.807) is 12.1 Å². The van der Waals surface area contributed by atoms with Gasteiger partial charge in [0.1, 0.15) is 6.54 Å². The Kier molecular flexibility index (Phi) is 18.5. The number of carboxylic acids is 1. The van der Waals surface area contributed by atoms with E-state index in [0.717, 1.165) is 23.5 Å². The molecule has 3 aliphatic heterocycles. The van der Waals surface area contributed by atoms with Crippen molar-refractivity contribution in [1.29, 1.82) is 0 Å². The van der Waals surface area contributed by atoms with Crippen molar-refractivity contribution in [3.05, 3.63) is 83.6 Å². The predicted molar refractivity (Wildman–Crippen MR) is 259 cm³/mol. The van der Waals surface area contributed by atoms with Crippen molar-refractivity contribution in [2.75, 3.05) is 36.8 Å². The molecule has 17 nitrogen and oxygen atoms in total. The van der Waals surface area contributed by atoms with Crippen LogP contribution >= 0.6 is 0 Å². The monoisotopic (exact) mass is 1000 g/mol. The Bertz CT molecular complexity index is 2660. The number of hydrogen-bond acceptors (Lipinski definition) is 10. The SMILES string of the molecule is CC1(C)C2=[N+](CCCCCC(=O)NCC(CCCCCC(=O)O)CNC(=O)CCCCCC3(C)/C(=C/C=C/C=C2)N(CCCS(=O)(=O)O)c2ccc(S(=O)(=O)O)cc23)c2ccc(S(=O)(=O)O)cc21. The molecule has 2 amide bonds. The van der Waals surface area contributed by atoms with Gasteiger partial charge < -0.3 is 20.6 Å². The first-order valence-electron chi connectivity index (χ1n) is 23.3. The van der Waals surface area contributed by atoms with E-state index in [1.165, 1.54) is 24.3 Å². The lowest BCUT2D eigenvalue weighted by atomic mass is 9.77. The van der Waals surface area contributed by atoms with Crippen LogP contribution in [-0.2, 0) is 55.6 Å². The highest BCUT2D eigenvalue weighted by atomic mass is 32.2. The molecule has 5 rings (SSSR count). The van der Waals surface area contributed by atoms with Crippen LogP contribution in [0.3, 0.4) is 0 Å². The highest BCUT2D eigenvalue weighted by Gasteiger charge is 2.45. The minimum Gasteiger partial charge on any atom is -0.481 e. The van der Waals surface area contributed by atoms with Crippen LogP contribution in [0.4, 0.5) is 11.4 Å². The zero-order valence-corrected chi connectivity index (χ0v) is 41.6. The van der Waals surface area contributed by atoms with E-state index in [-0.39, 0.29) is 53.3 Å². The van der Waals surface area contributed by atoms with Gasteiger partial charge in [0.05, 0.1) is 21.0 Å². The van der Waals surface area contributed by atoms with Gasteiger partial charge in [0.15, 0.2) is 5.71 Å². The molecule has 2 atom stereocenters. The van der Waals surface area contributed by atoms with Crippen LogP contribution in [-0.4, -0.2) is 104 Å². The maximum absolute atomic E-state index is 13.1. The number of allylic oxidation sites excluding steroid dienone is 6. The number of nitrogens with one attached hydrogen (secondary N) is 2. The topological polar surface area (TPSA) is 265 Å². The van der Waals surface area contributed by atoms with Crippen molar-refractivity contribution < 1.29 is 63.0 Å². The Labute approximate surface area is 401 Å². The van der Waals surface area contributed by atoms with E-state index >= 15 is 0 Å². The molecule has 0 radical (unpaired) electrons. The Morgan fingerprint density at radius 3 is 1.99 bits per heavy atom. The molecule has 0 fully saturated rings. The van der Waals surface area contributed by atoms with E-state index in [4.69, 9.17) is 5.11 Å². The normalized spacial score (nSPS) is 22.8. The minimum atomic E-state index is -4.60. The summed E-state index contributed by atoms with van der Waals surface area (Å²) >= 11 is 0. The molecule has 3 aliphatic rings. The highest BCUT2D eigenvalue weighted by Crippen LogP contribution is 2.51. The summed E-state index contributed by atoms with van der Waals surface area (Å²) in [5.41, 5.74) is 2.73. The zero-order valence-electron chi connectivity index (χ0n) is 39.2. The van der Waals surface area contributed by atoms with Gasteiger partial charge in [-0.25, -0.2) is 0 Å². The van der Waals surface area contributed by atoms with Gasteiger partial charge in [0.25, 0.3) is 30.4 Å². The number of carboxylic acid groups (broad SMARTS) is 1. The molecule has 2 aromatic rings. The number of amides is 2. The largest absolute Gasteiger partial charge is 0.481 e. The predicted octanol–water partition coefficient (Wildman–Crippen LogP) is 7.02. The van der Waals surface area contributed by atoms with Crippen molar-refractivity contribution in [1.82, 2.24) is 10.6 Å². The molecular weight excluding hydrogens is 937 g/mol. The van der Waals surface area contributed by atoms with Gasteiger partial charge in [-0.2, -0.15) is 29.8 Å². The molecule has 0 spiro atoms. The lowest BCUT2D eigenvalue weighted by molar-refractivity contribution is -0.438. The smallest absolute Gasteiger partial charge is 0.303 e. The van der Waals surface area contributed by atoms with Gasteiger partial charge in [-0.05, 0) is 114 Å². The van der Waals surface area contributed by atoms with Crippen molar-refractivity contribution in [3.8, 4) is 0 Å². The third kappa shape index (κ3) is 14.6. The Morgan fingerprint density at radius 2 is 1.37 bits per heavy atom. The number of carbonyl (C=O) groups is 3. The third-order valence-corrected chi connectivity index (χ3v) is 15.7. The van der Waals surface area contributed by atoms with Crippen LogP contribution in [0.15, 0.2) is 82.3 Å². The molecule has 0 aliphatic carbocycles. The Balaban J connectivity index is 1.51. The molecule has 0 saturated heterocycles. The number of unbranched alkanes of at least 4 members (excludes halogenated alkanes) is 2. The van der Waals surface area contributed by atoms with Crippen LogP contribution < -0.4 is 15.5 Å². The molecule has 374 valence electrons. The van der Waals surface area contributed by atoms with Gasteiger partial charge >= 0.3 is 5.97 Å². The van der Waals surface area contributed by atoms with E-state index in [1.807, 2.05) is 56.1 Å². The number of fused-ring (bicyclic) bond motifs is 5. The molecule has 2 unspecified atom stereocenters. The molecule has 20 heteroatoms. The van der Waals surface area contributed by atoms with Crippen molar-refractivity contribution in [2.45, 2.75) is 138 Å². The summed E-state index contributed by atoms with van der Waals surface area (Å²) in [5, 5.41) is 15.1. The van der Waals surface area contributed by atoms with E-state index in [0.29, 0.717) is 107 Å². The van der Waals surface area contributed by atoms with Gasteiger partial charge in [0.2, 0.25) is 17.5 Å². The maximum Gasteiger partial charge on any atom is 0.303 e. The molecule has 0 aromatic heterocycles. The van der Waals surface area contributed by atoms with Gasteiger partial charge in [-0.15, -0.1) is 0 Å². The van der Waals surface area contributed by atoms with E-state index in [2.05, 4.69) is 15.2 Å². The van der Waals surface area contributed by atoms with Crippen LogP contribution in [0.2, 0.25) is 0 Å². The standard InChI is InChI=1S/C48H66N4O13S3/c1-47(2)38-31-36(67(60,61)62)23-25-40(38)51-28-15-7-12-21-45(54)50-34-35(17-8-4-13-22-46(55)56)33-49-44(53)20-11-6-14-27-48(3)39-32-37(68(63,64)65)24-26-41(39)52(29-16-30-66(57,58)59)43(48)19-10-5-9-18-42(47)51/h5,9-10,18-19,23-26,31-32,35H,4,6-8,11-17,20-22,27-30,33-34H2,1-3H3,(H5-,49,50,53,54,55,56,57,58,59,60,61,62,63,64,65)/p+1. The molecule has 68 heavy (non-hydrogen) atoms. The second-order valence-corrected chi connectivity index (χ2v) is 23.1. The van der Waals surface area contributed by atoms with Crippen LogP contribution in [0.5, 0.6) is 0 Å². The average molecular weight is 1000 g/mol. The van der Waals surface area contributed by atoms with E-state index in [9.17, 15) is 53.3 Å². The first-order valence-corrected chi connectivity index (χ1v) is 27.8. The first kappa shape index (κ1) is 54.2. The Morgan fingerprint density at radius 1 is 0.750 bits per heavy atom. The third-order valence-electron chi connectivity index (χ3n) is 13.2. The number of hydrogen-bond donors (Lipinski definition) is 6. The van der Waals surface area contributed by atoms with Crippen molar-refractivity contribution in [2.24, 2.45) is 5.92 Å².